The molecule has 1 aromatic carbocycles. The van der Waals surface area contributed by atoms with Gasteiger partial charge in [-0.1, -0.05) is 22.6 Å². The van der Waals surface area contributed by atoms with Gasteiger partial charge >= 0.3 is 0 Å². The molecule has 7 heteroatoms. The fourth-order valence-electron chi connectivity index (χ4n) is 1.70. The molecule has 0 aromatic heterocycles. The first-order chi connectivity index (χ1) is 9.13. The van der Waals surface area contributed by atoms with Gasteiger partial charge in [-0.2, -0.15) is 0 Å². The summed E-state index contributed by atoms with van der Waals surface area (Å²) in [5.74, 6) is 1.08. The van der Waals surface area contributed by atoms with Gasteiger partial charge in [0.1, 0.15) is 13.2 Å². The minimum Gasteiger partial charge on any atom is -0.486 e. The van der Waals surface area contributed by atoms with Gasteiger partial charge < -0.3 is 9.47 Å². The van der Waals surface area contributed by atoms with Crippen LogP contribution in [0.1, 0.15) is 12.8 Å². The predicted octanol–water partition coefficient (Wildman–Crippen LogP) is 1.95. The van der Waals surface area contributed by atoms with Crippen molar-refractivity contribution in [2.75, 3.05) is 24.2 Å². The number of unbranched alkanes of at least 4 members (excludes halogenated alkanes) is 1. The van der Waals surface area contributed by atoms with E-state index in [4.69, 9.17) is 9.47 Å². The lowest BCUT2D eigenvalue weighted by Gasteiger charge is -2.18. The van der Waals surface area contributed by atoms with Gasteiger partial charge in [-0.05, 0) is 29.4 Å². The Hall–Kier alpha value is -0.540. The molecule has 1 aliphatic rings. The van der Waals surface area contributed by atoms with Crippen molar-refractivity contribution >= 4 is 32.6 Å². The molecule has 1 heterocycles. The lowest BCUT2D eigenvalue weighted by Crippen LogP contribution is -2.25. The molecular formula is C12H16INO4S. The highest BCUT2D eigenvalue weighted by atomic mass is 127. The molecule has 2 rings (SSSR count). The Balaban J connectivity index is 2.07. The summed E-state index contributed by atoms with van der Waals surface area (Å²) < 4.78 is 38.5. The summed E-state index contributed by atoms with van der Waals surface area (Å²) in [6, 6.07) is 4.68. The van der Waals surface area contributed by atoms with Crippen LogP contribution in [0.25, 0.3) is 0 Å². The molecule has 0 aliphatic carbocycles. The highest BCUT2D eigenvalue weighted by molar-refractivity contribution is 14.1. The average molecular weight is 397 g/mol. The van der Waals surface area contributed by atoms with Crippen LogP contribution in [0.4, 0.5) is 0 Å². The van der Waals surface area contributed by atoms with Gasteiger partial charge in [0.05, 0.1) is 4.90 Å². The van der Waals surface area contributed by atoms with Crippen LogP contribution in [0.2, 0.25) is 0 Å². The van der Waals surface area contributed by atoms with Gasteiger partial charge in [-0.15, -0.1) is 0 Å². The number of fused-ring (bicyclic) bond motifs is 1. The van der Waals surface area contributed by atoms with E-state index in [-0.39, 0.29) is 4.90 Å². The first-order valence-corrected chi connectivity index (χ1v) is 9.09. The molecule has 0 atom stereocenters. The topological polar surface area (TPSA) is 64.6 Å². The maximum Gasteiger partial charge on any atom is 0.240 e. The van der Waals surface area contributed by atoms with E-state index in [9.17, 15) is 8.42 Å². The molecule has 5 nitrogen and oxygen atoms in total. The van der Waals surface area contributed by atoms with Crippen LogP contribution in [-0.4, -0.2) is 32.6 Å². The Kier molecular flexibility index (Phi) is 5.28. The van der Waals surface area contributed by atoms with Crippen molar-refractivity contribution in [1.29, 1.82) is 0 Å². The lowest BCUT2D eigenvalue weighted by atomic mass is 10.3. The summed E-state index contributed by atoms with van der Waals surface area (Å²) in [6.07, 6.45) is 1.84. The zero-order chi connectivity index (χ0) is 13.7. The number of halogens is 1. The Morgan fingerprint density at radius 1 is 1.16 bits per heavy atom. The molecule has 0 fully saturated rings. The molecule has 1 aliphatic heterocycles. The summed E-state index contributed by atoms with van der Waals surface area (Å²) in [5.41, 5.74) is 0. The largest absolute Gasteiger partial charge is 0.486 e. The summed E-state index contributed by atoms with van der Waals surface area (Å²) in [4.78, 5) is 0.214. The van der Waals surface area contributed by atoms with Crippen molar-refractivity contribution in [2.45, 2.75) is 17.7 Å². The molecule has 0 radical (unpaired) electrons. The molecule has 1 aromatic rings. The summed E-state index contributed by atoms with van der Waals surface area (Å²) in [6.45, 7) is 1.40. The number of ether oxygens (including phenoxy) is 2. The van der Waals surface area contributed by atoms with Crippen molar-refractivity contribution in [3.05, 3.63) is 18.2 Å². The van der Waals surface area contributed by atoms with Crippen LogP contribution >= 0.6 is 22.6 Å². The fourth-order valence-corrected chi connectivity index (χ4v) is 3.33. The first-order valence-electron chi connectivity index (χ1n) is 6.09. The molecular weight excluding hydrogens is 381 g/mol. The quantitative estimate of drug-likeness (QED) is 0.453. The molecule has 19 heavy (non-hydrogen) atoms. The van der Waals surface area contributed by atoms with E-state index in [1.54, 1.807) is 6.07 Å². The van der Waals surface area contributed by atoms with Crippen LogP contribution in [0, 0.1) is 0 Å². The number of hydrogen-bond donors (Lipinski definition) is 1. The Labute approximate surface area is 126 Å². The van der Waals surface area contributed by atoms with Gasteiger partial charge in [-0.25, -0.2) is 13.1 Å². The molecule has 0 bridgehead atoms. The number of sulfonamides is 1. The maximum atomic E-state index is 12.1. The zero-order valence-corrected chi connectivity index (χ0v) is 13.4. The molecule has 0 amide bonds. The van der Waals surface area contributed by atoms with Crippen molar-refractivity contribution in [3.63, 3.8) is 0 Å². The van der Waals surface area contributed by atoms with E-state index >= 15 is 0 Å². The number of nitrogens with one attached hydrogen (secondary N) is 1. The Morgan fingerprint density at radius 2 is 1.89 bits per heavy atom. The first kappa shape index (κ1) is 14.9. The van der Waals surface area contributed by atoms with E-state index < -0.39 is 10.0 Å². The monoisotopic (exact) mass is 397 g/mol. The predicted molar refractivity (Wildman–Crippen MR) is 80.7 cm³/mol. The minimum atomic E-state index is -3.46. The average Bonchev–Trinajstić information content (AvgIpc) is 2.43. The van der Waals surface area contributed by atoms with Crippen LogP contribution in [0.15, 0.2) is 23.1 Å². The SMILES string of the molecule is O=S(=O)(NCCCCI)c1ccc2c(c1)OCCO2. The van der Waals surface area contributed by atoms with E-state index in [2.05, 4.69) is 27.3 Å². The van der Waals surface area contributed by atoms with E-state index in [0.29, 0.717) is 31.3 Å². The summed E-state index contributed by atoms with van der Waals surface area (Å²) >= 11 is 2.28. The van der Waals surface area contributed by atoms with E-state index in [1.807, 2.05) is 0 Å². The summed E-state index contributed by atoms with van der Waals surface area (Å²) in [5, 5.41) is 0. The zero-order valence-electron chi connectivity index (χ0n) is 10.4. The second-order valence-electron chi connectivity index (χ2n) is 4.10. The molecule has 0 saturated heterocycles. The normalized spacial score (nSPS) is 14.4. The maximum absolute atomic E-state index is 12.1. The second-order valence-corrected chi connectivity index (χ2v) is 6.95. The third kappa shape index (κ3) is 3.96. The molecule has 106 valence electrons. The number of alkyl halides is 1. The Morgan fingerprint density at radius 3 is 2.63 bits per heavy atom. The number of hydrogen-bond acceptors (Lipinski definition) is 4. The van der Waals surface area contributed by atoms with Crippen LogP contribution in [0.3, 0.4) is 0 Å². The van der Waals surface area contributed by atoms with Crippen LogP contribution in [-0.2, 0) is 10.0 Å². The van der Waals surface area contributed by atoms with Gasteiger partial charge in [0.25, 0.3) is 0 Å². The van der Waals surface area contributed by atoms with Gasteiger partial charge in [0.15, 0.2) is 11.5 Å². The highest BCUT2D eigenvalue weighted by Gasteiger charge is 2.18. The van der Waals surface area contributed by atoms with Gasteiger partial charge in [-0.3, -0.25) is 0 Å². The van der Waals surface area contributed by atoms with Crippen molar-refractivity contribution in [2.24, 2.45) is 0 Å². The number of rotatable bonds is 6. The standard InChI is InChI=1S/C12H16INO4S/c13-5-1-2-6-14-19(15,16)10-3-4-11-12(9-10)18-8-7-17-11/h3-4,9,14H,1-2,5-8H2. The van der Waals surface area contributed by atoms with Crippen LogP contribution < -0.4 is 14.2 Å². The summed E-state index contributed by atoms with van der Waals surface area (Å²) in [7, 11) is -3.46. The third-order valence-corrected chi connectivity index (χ3v) is 4.90. The van der Waals surface area contributed by atoms with Crippen molar-refractivity contribution in [3.8, 4) is 11.5 Å². The minimum absolute atomic E-state index is 0.214. The van der Waals surface area contributed by atoms with Crippen molar-refractivity contribution < 1.29 is 17.9 Å². The second kappa shape index (κ2) is 6.76. The highest BCUT2D eigenvalue weighted by Crippen LogP contribution is 2.32. The lowest BCUT2D eigenvalue weighted by molar-refractivity contribution is 0.171. The van der Waals surface area contributed by atoms with Crippen molar-refractivity contribution in [1.82, 2.24) is 4.72 Å². The van der Waals surface area contributed by atoms with E-state index in [1.165, 1.54) is 12.1 Å². The molecule has 0 saturated carbocycles. The van der Waals surface area contributed by atoms with Gasteiger partial charge in [0, 0.05) is 12.6 Å². The number of benzene rings is 1. The van der Waals surface area contributed by atoms with Crippen LogP contribution in [0.5, 0.6) is 11.5 Å². The molecule has 0 unspecified atom stereocenters. The molecule has 1 N–H and O–H groups in total. The third-order valence-electron chi connectivity index (χ3n) is 2.68. The van der Waals surface area contributed by atoms with Gasteiger partial charge in [0.2, 0.25) is 10.0 Å². The molecule has 0 spiro atoms. The fraction of sp³-hybridized carbons (Fsp3) is 0.500. The Bertz CT molecular complexity index is 533. The van der Waals surface area contributed by atoms with E-state index in [0.717, 1.165) is 17.3 Å². The smallest absolute Gasteiger partial charge is 0.240 e.